The maximum atomic E-state index is 15.7. The number of primary amides is 1. The van der Waals surface area contributed by atoms with Gasteiger partial charge in [-0.25, -0.2) is 4.79 Å². The van der Waals surface area contributed by atoms with E-state index in [-0.39, 0.29) is 25.7 Å². The molecule has 15 heteroatoms. The predicted molar refractivity (Wildman–Crippen MR) is 246 cm³/mol. The topological polar surface area (TPSA) is 196 Å². The number of aliphatic hydroxyl groups excluding tert-OH is 1. The van der Waals surface area contributed by atoms with Crippen LogP contribution in [-0.4, -0.2) is 96.6 Å². The maximum Gasteiger partial charge on any atom is 0.324 e. The number of morpholine rings is 1. The molecule has 0 saturated carbocycles. The zero-order chi connectivity index (χ0) is 46.0. The molecule has 5 amide bonds. The highest BCUT2D eigenvalue weighted by molar-refractivity contribution is 6.13. The third-order valence-electron chi connectivity index (χ3n) is 12.9. The van der Waals surface area contributed by atoms with Gasteiger partial charge in [-0.15, -0.1) is 0 Å². The van der Waals surface area contributed by atoms with Crippen LogP contribution in [0.25, 0.3) is 0 Å². The average molecular weight is 888 g/mol. The Morgan fingerprint density at radius 1 is 0.848 bits per heavy atom. The number of amides is 5. The van der Waals surface area contributed by atoms with Gasteiger partial charge in [0, 0.05) is 55.7 Å². The molecule has 6 N–H and O–H groups in total. The number of cyclic esters (lactones) is 1. The Morgan fingerprint density at radius 2 is 1.55 bits per heavy atom. The molecule has 6 atom stereocenters. The van der Waals surface area contributed by atoms with Crippen LogP contribution in [0.1, 0.15) is 52.9 Å². The molecule has 0 bridgehead atoms. The lowest BCUT2D eigenvalue weighted by atomic mass is 9.65. The number of hydrogen-bond acceptors (Lipinski definition) is 10. The first-order chi connectivity index (χ1) is 32.1. The van der Waals surface area contributed by atoms with Gasteiger partial charge in [0.25, 0.3) is 0 Å². The van der Waals surface area contributed by atoms with Gasteiger partial charge in [0.1, 0.15) is 29.9 Å². The molecule has 0 radical (unpaired) electrons. The Kier molecular flexibility index (Phi) is 12.2. The molecule has 4 heterocycles. The number of urea groups is 1. The number of hydrogen-bond donors (Lipinski definition) is 5. The summed E-state index contributed by atoms with van der Waals surface area (Å²) >= 11 is 0. The van der Waals surface area contributed by atoms with Gasteiger partial charge in [-0.3, -0.25) is 24.1 Å². The summed E-state index contributed by atoms with van der Waals surface area (Å²) in [5.41, 5.74) is 8.31. The molecule has 9 rings (SSSR count). The Labute approximate surface area is 381 Å². The Morgan fingerprint density at radius 3 is 2.23 bits per heavy atom. The van der Waals surface area contributed by atoms with Gasteiger partial charge in [-0.2, -0.15) is 0 Å². The highest BCUT2D eigenvalue weighted by Crippen LogP contribution is 2.65. The number of ether oxygens (including phenoxy) is 2. The van der Waals surface area contributed by atoms with Crippen molar-refractivity contribution in [1.82, 2.24) is 15.1 Å². The van der Waals surface area contributed by atoms with E-state index >= 15 is 14.4 Å². The van der Waals surface area contributed by atoms with E-state index < -0.39 is 59.4 Å². The van der Waals surface area contributed by atoms with Crippen LogP contribution in [0.15, 0.2) is 127 Å². The minimum absolute atomic E-state index is 0.00898. The Bertz CT molecular complexity index is 2720. The van der Waals surface area contributed by atoms with E-state index in [4.69, 9.17) is 15.2 Å². The molecule has 1 unspecified atom stereocenters. The summed E-state index contributed by atoms with van der Waals surface area (Å²) in [5, 5.41) is 18.4. The molecule has 5 aromatic carbocycles. The summed E-state index contributed by atoms with van der Waals surface area (Å²) in [5.74, 6) is 3.25. The molecule has 1 spiro atoms. The Balaban J connectivity index is 1.23. The van der Waals surface area contributed by atoms with Crippen molar-refractivity contribution in [3.63, 3.8) is 0 Å². The molecule has 3 saturated heterocycles. The molecular weight excluding hydrogens is 839 g/mol. The molecule has 5 aromatic rings. The molecule has 0 aromatic heterocycles. The van der Waals surface area contributed by atoms with E-state index in [1.54, 1.807) is 55.5 Å². The normalized spacial score (nSPS) is 23.2. The minimum atomic E-state index is -1.81. The van der Waals surface area contributed by atoms with Crippen molar-refractivity contribution < 1.29 is 38.6 Å². The van der Waals surface area contributed by atoms with Crippen LogP contribution in [0.5, 0.6) is 5.75 Å². The number of piperazine rings is 1. The molecule has 66 heavy (non-hydrogen) atoms. The van der Waals surface area contributed by atoms with Gasteiger partial charge in [-0.1, -0.05) is 84.6 Å². The fourth-order valence-electron chi connectivity index (χ4n) is 10.1. The molecule has 15 nitrogen and oxygen atoms in total. The van der Waals surface area contributed by atoms with Crippen LogP contribution >= 0.6 is 0 Å². The van der Waals surface area contributed by atoms with Gasteiger partial charge in [0.2, 0.25) is 17.7 Å². The fourth-order valence-corrected chi connectivity index (χ4v) is 10.1. The quantitative estimate of drug-likeness (QED) is 0.0973. The zero-order valence-electron chi connectivity index (χ0n) is 36.2. The summed E-state index contributed by atoms with van der Waals surface area (Å²) in [6, 6.07) is 35.0. The number of fused-ring (bicyclic) bond motifs is 3. The summed E-state index contributed by atoms with van der Waals surface area (Å²) in [6.07, 6.45) is -0.865. The fraction of sp³-hybridized carbons (Fsp3) is 0.275. The van der Waals surface area contributed by atoms with E-state index in [1.165, 1.54) is 0 Å². The number of esters is 1. The van der Waals surface area contributed by atoms with Gasteiger partial charge in [-0.05, 0) is 76.9 Å². The van der Waals surface area contributed by atoms with Gasteiger partial charge in [0.15, 0.2) is 0 Å². The van der Waals surface area contributed by atoms with Crippen molar-refractivity contribution in [3.8, 4) is 17.6 Å². The number of nitrogens with one attached hydrogen (secondary N) is 3. The van der Waals surface area contributed by atoms with Gasteiger partial charge >= 0.3 is 12.0 Å². The SMILES string of the molecule is CC(=O)N1CCN(c2ccc(NC(=O)[C@H]3C4C(=O)O[C@@H](c5ccccc5)[C@@H](c5ccccc5)N4[C@@H](c4cccc(OCCO)c4)[C@]34C(=O)Nc3ccc(C#CCNC(N)=O)cc34)cc2)CC1. The first-order valence-electron chi connectivity index (χ1n) is 21.9. The number of carbonyl (C=O) groups excluding carboxylic acids is 5. The third-order valence-corrected chi connectivity index (χ3v) is 12.9. The molecule has 336 valence electrons. The summed E-state index contributed by atoms with van der Waals surface area (Å²) in [6.45, 7) is 3.81. The standard InChI is InChI=1S/C51H49N7O8/c1-32(60)56-24-26-57(27-25-56)38-20-18-37(19-21-38)54-47(61)42-44-48(62)66-45(35-13-6-3-7-14-35)43(34-11-4-2-5-12-34)58(44)46(36-15-8-16-39(31-36)65-29-28-59)51(42)40-30-33(10-9-23-53-50(52)64)17-22-41(40)55-49(51)63/h2-8,11-22,30-31,42-46,59H,23-29H2,1H3,(H,54,61)(H,55,63)(H3,52,53,64)/t42-,43-,44?,45+,46+,51-/m1/s1. The predicted octanol–water partition coefficient (Wildman–Crippen LogP) is 4.66. The third kappa shape index (κ3) is 8.05. The van der Waals surface area contributed by atoms with E-state index in [9.17, 15) is 14.7 Å². The van der Waals surface area contributed by atoms with Crippen molar-refractivity contribution in [2.24, 2.45) is 11.7 Å². The molecule has 3 fully saturated rings. The monoisotopic (exact) mass is 887 g/mol. The van der Waals surface area contributed by atoms with Gasteiger partial charge < -0.3 is 46.1 Å². The van der Waals surface area contributed by atoms with Crippen molar-refractivity contribution in [2.75, 3.05) is 61.5 Å². The van der Waals surface area contributed by atoms with Crippen molar-refractivity contribution >= 4 is 46.8 Å². The van der Waals surface area contributed by atoms with E-state index in [0.29, 0.717) is 60.0 Å². The lowest BCUT2D eigenvalue weighted by molar-refractivity contribution is -0.177. The Hall–Kier alpha value is -7.67. The smallest absolute Gasteiger partial charge is 0.324 e. The number of nitrogens with zero attached hydrogens (tertiary/aromatic N) is 3. The number of anilines is 3. The number of aliphatic hydroxyl groups is 1. The van der Waals surface area contributed by atoms with E-state index in [2.05, 4.69) is 32.7 Å². The highest BCUT2D eigenvalue weighted by Gasteiger charge is 2.74. The molecule has 4 aliphatic rings. The lowest BCUT2D eigenvalue weighted by Gasteiger charge is -2.46. The summed E-state index contributed by atoms with van der Waals surface area (Å²) in [7, 11) is 0. The maximum absolute atomic E-state index is 15.7. The number of nitrogens with two attached hydrogens (primary N) is 1. The second-order valence-electron chi connectivity index (χ2n) is 16.7. The van der Waals surface area contributed by atoms with Crippen LogP contribution < -0.4 is 31.3 Å². The second kappa shape index (κ2) is 18.4. The molecular formula is C51H49N7O8. The van der Waals surface area contributed by atoms with Gasteiger partial charge in [0.05, 0.1) is 31.2 Å². The van der Waals surface area contributed by atoms with Crippen LogP contribution in [0.3, 0.4) is 0 Å². The van der Waals surface area contributed by atoms with Crippen molar-refractivity contribution in [2.45, 2.75) is 36.6 Å². The number of rotatable bonds is 10. The van der Waals surface area contributed by atoms with E-state index in [0.717, 1.165) is 16.8 Å². The first-order valence-corrected chi connectivity index (χ1v) is 21.9. The lowest BCUT2D eigenvalue weighted by Crippen LogP contribution is -2.53. The van der Waals surface area contributed by atoms with Crippen LogP contribution in [0.4, 0.5) is 21.9 Å². The van der Waals surface area contributed by atoms with Crippen molar-refractivity contribution in [3.05, 3.63) is 155 Å². The zero-order valence-corrected chi connectivity index (χ0v) is 36.2. The van der Waals surface area contributed by atoms with Crippen LogP contribution in [-0.2, 0) is 29.3 Å². The molecule has 4 aliphatic heterocycles. The summed E-state index contributed by atoms with van der Waals surface area (Å²) in [4.78, 5) is 75.8. The average Bonchev–Trinajstić information content (AvgIpc) is 3.81. The second-order valence-corrected chi connectivity index (χ2v) is 16.7. The van der Waals surface area contributed by atoms with E-state index in [1.807, 2.05) is 88.7 Å². The number of benzene rings is 5. The van der Waals surface area contributed by atoms with Crippen LogP contribution in [0.2, 0.25) is 0 Å². The largest absolute Gasteiger partial charge is 0.491 e. The van der Waals surface area contributed by atoms with Crippen molar-refractivity contribution in [1.29, 1.82) is 0 Å². The summed E-state index contributed by atoms with van der Waals surface area (Å²) < 4.78 is 12.5. The highest BCUT2D eigenvalue weighted by atomic mass is 16.6. The van der Waals surface area contributed by atoms with Crippen LogP contribution in [0, 0.1) is 17.8 Å². The first kappa shape index (κ1) is 43.6. The number of carbonyl (C=O) groups is 5. The molecule has 0 aliphatic carbocycles. The minimum Gasteiger partial charge on any atom is -0.491 e.